The number of hydrogen-bond donors (Lipinski definition) is 4. The Morgan fingerprint density at radius 1 is 1.09 bits per heavy atom. The van der Waals surface area contributed by atoms with Gasteiger partial charge in [0.1, 0.15) is 18.3 Å². The molecule has 3 aromatic rings. The van der Waals surface area contributed by atoms with Gasteiger partial charge in [0, 0.05) is 18.5 Å². The lowest BCUT2D eigenvalue weighted by Crippen LogP contribution is -2.43. The normalized spacial score (nSPS) is 22.4. The molecule has 4 rings (SSSR count). The quantitative estimate of drug-likeness (QED) is 0.324. The van der Waals surface area contributed by atoms with Gasteiger partial charge < -0.3 is 24.7 Å². The maximum atomic E-state index is 13.2. The van der Waals surface area contributed by atoms with E-state index in [0.717, 1.165) is 38.1 Å². The van der Waals surface area contributed by atoms with Crippen LogP contribution in [-0.4, -0.2) is 59.0 Å². The van der Waals surface area contributed by atoms with Crippen molar-refractivity contribution in [3.05, 3.63) is 87.0 Å². The van der Waals surface area contributed by atoms with Crippen LogP contribution in [0.1, 0.15) is 17.5 Å². The second kappa shape index (κ2) is 9.96. The summed E-state index contributed by atoms with van der Waals surface area (Å²) < 4.78 is 22.6. The third-order valence-corrected chi connectivity index (χ3v) is 6.30. The number of phosphoric acid groups is 1. The smallest absolute Gasteiger partial charge is 0.387 e. The van der Waals surface area contributed by atoms with E-state index in [-0.39, 0.29) is 6.54 Å². The zero-order valence-corrected chi connectivity index (χ0v) is 19.4. The molecular formula is C22H24N3O9P. The molecule has 3 heterocycles. The van der Waals surface area contributed by atoms with Crippen LogP contribution in [0.5, 0.6) is 0 Å². The Bertz CT molecular complexity index is 1370. The molecule has 186 valence electrons. The molecule has 1 aromatic carbocycles. The first-order chi connectivity index (χ1) is 16.6. The summed E-state index contributed by atoms with van der Waals surface area (Å²) in [6, 6.07) is 12.5. The van der Waals surface area contributed by atoms with Crippen LogP contribution in [0.4, 0.5) is 0 Å². The van der Waals surface area contributed by atoms with Gasteiger partial charge in [0.05, 0.1) is 18.8 Å². The summed E-state index contributed by atoms with van der Waals surface area (Å²) in [5.74, 6) is 0. The van der Waals surface area contributed by atoms with Crippen molar-refractivity contribution in [2.45, 2.75) is 38.0 Å². The SMILES string of the molecule is Cc1c(-c2ccccc2)ccnc1Cn1c(=O)ccn([C@@H]2O[C@H](COP(=O)(O)O)[C@H](O)C2O)c1=O. The second-order valence-corrected chi connectivity index (χ2v) is 9.30. The molecule has 0 radical (unpaired) electrons. The molecule has 13 heteroatoms. The minimum Gasteiger partial charge on any atom is -0.387 e. The summed E-state index contributed by atoms with van der Waals surface area (Å²) in [6.07, 6.45) is -3.24. The van der Waals surface area contributed by atoms with Crippen molar-refractivity contribution in [2.24, 2.45) is 0 Å². The Balaban J connectivity index is 1.64. The largest absolute Gasteiger partial charge is 0.469 e. The van der Waals surface area contributed by atoms with Gasteiger partial charge in [-0.1, -0.05) is 30.3 Å². The highest BCUT2D eigenvalue weighted by Gasteiger charge is 2.45. The zero-order valence-electron chi connectivity index (χ0n) is 18.5. The molecule has 0 bridgehead atoms. The van der Waals surface area contributed by atoms with Crippen LogP contribution in [0.25, 0.3) is 11.1 Å². The molecule has 0 spiro atoms. The van der Waals surface area contributed by atoms with Gasteiger partial charge in [0.25, 0.3) is 5.56 Å². The minimum atomic E-state index is -4.84. The van der Waals surface area contributed by atoms with Crippen LogP contribution in [0, 0.1) is 6.92 Å². The van der Waals surface area contributed by atoms with E-state index in [1.54, 1.807) is 6.20 Å². The van der Waals surface area contributed by atoms with Gasteiger partial charge in [-0.05, 0) is 29.7 Å². The predicted octanol–water partition coefficient (Wildman–Crippen LogP) is 0.157. The molecule has 35 heavy (non-hydrogen) atoms. The van der Waals surface area contributed by atoms with Crippen LogP contribution in [0.15, 0.2) is 64.4 Å². The number of phosphoric ester groups is 1. The number of hydrogen-bond acceptors (Lipinski definition) is 8. The Kier molecular flexibility index (Phi) is 7.15. The van der Waals surface area contributed by atoms with E-state index in [9.17, 15) is 24.4 Å². The monoisotopic (exact) mass is 505 g/mol. The molecule has 1 fully saturated rings. The predicted molar refractivity (Wildman–Crippen MR) is 122 cm³/mol. The number of aliphatic hydroxyl groups excluding tert-OH is 2. The number of rotatable bonds is 7. The highest BCUT2D eigenvalue weighted by molar-refractivity contribution is 7.46. The van der Waals surface area contributed by atoms with Crippen molar-refractivity contribution in [2.75, 3.05) is 6.61 Å². The molecule has 2 aromatic heterocycles. The fourth-order valence-corrected chi connectivity index (χ4v) is 4.30. The average molecular weight is 505 g/mol. The maximum absolute atomic E-state index is 13.2. The topological polar surface area (TPSA) is 173 Å². The van der Waals surface area contributed by atoms with Crippen molar-refractivity contribution < 1.29 is 33.8 Å². The number of aliphatic hydroxyl groups is 2. The van der Waals surface area contributed by atoms with Crippen molar-refractivity contribution in [3.63, 3.8) is 0 Å². The van der Waals surface area contributed by atoms with E-state index >= 15 is 0 Å². The van der Waals surface area contributed by atoms with Gasteiger partial charge in [-0.15, -0.1) is 0 Å². The average Bonchev–Trinajstić information content (AvgIpc) is 3.10. The Morgan fingerprint density at radius 2 is 1.80 bits per heavy atom. The molecule has 4 atom stereocenters. The number of aromatic nitrogens is 3. The Morgan fingerprint density at radius 3 is 2.49 bits per heavy atom. The van der Waals surface area contributed by atoms with Crippen LogP contribution in [0.3, 0.4) is 0 Å². The van der Waals surface area contributed by atoms with Crippen molar-refractivity contribution >= 4 is 7.82 Å². The molecule has 1 saturated heterocycles. The molecule has 1 aliphatic heterocycles. The standard InChI is InChI=1S/C22H24N3O9P/c1-13-15(14-5-3-2-4-6-14)7-9-23-16(13)11-25-18(26)8-10-24(22(25)29)21-20(28)19(27)17(34-21)12-33-35(30,31)32/h2-10,17,19-21,27-28H,11-12H2,1H3,(H2,30,31,32)/t17-,19+,20?,21-/m1/s1. The van der Waals surface area contributed by atoms with E-state index in [1.807, 2.05) is 43.3 Å². The third-order valence-electron chi connectivity index (χ3n) is 5.81. The molecule has 0 aliphatic carbocycles. The second-order valence-electron chi connectivity index (χ2n) is 8.06. The Hall–Kier alpha value is -2.96. The van der Waals surface area contributed by atoms with Crippen molar-refractivity contribution in [3.8, 4) is 11.1 Å². The molecule has 1 unspecified atom stereocenters. The molecule has 12 nitrogen and oxygen atoms in total. The molecular weight excluding hydrogens is 481 g/mol. The van der Waals surface area contributed by atoms with Crippen LogP contribution >= 0.6 is 7.82 Å². The number of pyridine rings is 1. The summed E-state index contributed by atoms with van der Waals surface area (Å²) in [6.45, 7) is 0.965. The summed E-state index contributed by atoms with van der Waals surface area (Å²) in [7, 11) is -4.84. The van der Waals surface area contributed by atoms with Crippen LogP contribution < -0.4 is 11.2 Å². The first-order valence-corrected chi connectivity index (χ1v) is 12.1. The van der Waals surface area contributed by atoms with E-state index in [2.05, 4.69) is 9.51 Å². The zero-order chi connectivity index (χ0) is 25.3. The van der Waals surface area contributed by atoms with Crippen molar-refractivity contribution in [1.82, 2.24) is 14.1 Å². The first-order valence-electron chi connectivity index (χ1n) is 10.6. The molecule has 1 aliphatic rings. The highest BCUT2D eigenvalue weighted by atomic mass is 31.2. The van der Waals surface area contributed by atoms with Crippen molar-refractivity contribution in [1.29, 1.82) is 0 Å². The van der Waals surface area contributed by atoms with E-state index in [1.165, 1.54) is 0 Å². The van der Waals surface area contributed by atoms with Gasteiger partial charge in [0.2, 0.25) is 0 Å². The highest BCUT2D eigenvalue weighted by Crippen LogP contribution is 2.38. The van der Waals surface area contributed by atoms with Gasteiger partial charge in [0.15, 0.2) is 6.23 Å². The number of ether oxygens (including phenoxy) is 1. The lowest BCUT2D eigenvalue weighted by molar-refractivity contribution is -0.0548. The lowest BCUT2D eigenvalue weighted by atomic mass is 10.0. The van der Waals surface area contributed by atoms with E-state index < -0.39 is 50.2 Å². The molecule has 0 amide bonds. The number of nitrogens with zero attached hydrogens (tertiary/aromatic N) is 3. The first kappa shape index (κ1) is 25.1. The summed E-state index contributed by atoms with van der Waals surface area (Å²) in [5.41, 5.74) is 1.69. The summed E-state index contributed by atoms with van der Waals surface area (Å²) in [4.78, 5) is 47.8. The van der Waals surface area contributed by atoms with Gasteiger partial charge in [-0.2, -0.15) is 0 Å². The number of benzene rings is 1. The summed E-state index contributed by atoms with van der Waals surface area (Å²) >= 11 is 0. The van der Waals surface area contributed by atoms with Gasteiger partial charge in [-0.25, -0.2) is 9.36 Å². The fraction of sp³-hybridized carbons (Fsp3) is 0.318. The molecule has 4 N–H and O–H groups in total. The van der Waals surface area contributed by atoms with Crippen LogP contribution in [-0.2, 0) is 20.4 Å². The van der Waals surface area contributed by atoms with Gasteiger partial charge in [-0.3, -0.25) is 23.4 Å². The maximum Gasteiger partial charge on any atom is 0.469 e. The summed E-state index contributed by atoms with van der Waals surface area (Å²) in [5, 5.41) is 20.6. The fourth-order valence-electron chi connectivity index (χ4n) is 3.96. The lowest BCUT2D eigenvalue weighted by Gasteiger charge is -2.19. The molecule has 0 saturated carbocycles. The van der Waals surface area contributed by atoms with E-state index in [4.69, 9.17) is 14.5 Å². The van der Waals surface area contributed by atoms with Gasteiger partial charge >= 0.3 is 13.5 Å². The van der Waals surface area contributed by atoms with Crippen LogP contribution in [0.2, 0.25) is 0 Å². The van der Waals surface area contributed by atoms with E-state index in [0.29, 0.717) is 5.69 Å². The third kappa shape index (κ3) is 5.34. The Labute approximate surface area is 198 Å². The minimum absolute atomic E-state index is 0.152.